The number of nitrogens with zero attached hydrogens (tertiary/aromatic N) is 5. The van der Waals surface area contributed by atoms with Crippen molar-refractivity contribution in [1.29, 1.82) is 0 Å². The van der Waals surface area contributed by atoms with E-state index in [4.69, 9.17) is 11.6 Å². The molecule has 0 radical (unpaired) electrons. The Labute approximate surface area is 150 Å². The average molecular weight is 366 g/mol. The van der Waals surface area contributed by atoms with E-state index < -0.39 is 0 Å². The van der Waals surface area contributed by atoms with Gasteiger partial charge in [-0.15, -0.1) is 11.3 Å². The van der Waals surface area contributed by atoms with Crippen molar-refractivity contribution in [2.45, 2.75) is 32.7 Å². The monoisotopic (exact) mass is 365 g/mol. The minimum atomic E-state index is -0.214. The third-order valence-electron chi connectivity index (χ3n) is 3.97. The van der Waals surface area contributed by atoms with Gasteiger partial charge in [0.05, 0.1) is 28.5 Å². The third kappa shape index (κ3) is 3.67. The summed E-state index contributed by atoms with van der Waals surface area (Å²) >= 11 is 7.78. The molecule has 0 saturated carbocycles. The molecule has 1 aliphatic heterocycles. The summed E-state index contributed by atoms with van der Waals surface area (Å²) < 4.78 is 0. The minimum absolute atomic E-state index is 0.214. The zero-order valence-corrected chi connectivity index (χ0v) is 15.4. The maximum atomic E-state index is 12.7. The van der Waals surface area contributed by atoms with Crippen molar-refractivity contribution in [2.24, 2.45) is 0 Å². The summed E-state index contributed by atoms with van der Waals surface area (Å²) in [6, 6.07) is 0. The largest absolute Gasteiger partial charge is 0.341 e. The number of thiazole rings is 1. The van der Waals surface area contributed by atoms with Gasteiger partial charge in [0.25, 0.3) is 5.91 Å². The van der Waals surface area contributed by atoms with Crippen molar-refractivity contribution in [3.8, 4) is 0 Å². The molecule has 0 atom stereocenters. The van der Waals surface area contributed by atoms with Gasteiger partial charge in [0.1, 0.15) is 0 Å². The molecule has 0 aromatic carbocycles. The first-order valence-electron chi connectivity index (χ1n) is 8.04. The first kappa shape index (κ1) is 17.1. The summed E-state index contributed by atoms with van der Waals surface area (Å²) in [5, 5.41) is 3.34. The molecule has 3 rings (SSSR count). The Morgan fingerprint density at radius 3 is 2.79 bits per heavy atom. The Balaban J connectivity index is 1.76. The normalized spacial score (nSPS) is 14.2. The predicted molar refractivity (Wildman–Crippen MR) is 95.8 cm³/mol. The highest BCUT2D eigenvalue weighted by Crippen LogP contribution is 2.21. The average Bonchev–Trinajstić information content (AvgIpc) is 3.26. The lowest BCUT2D eigenvalue weighted by molar-refractivity contribution is 0.0778. The van der Waals surface area contributed by atoms with Gasteiger partial charge in [0.2, 0.25) is 5.95 Å². The molecule has 0 unspecified atom stereocenters. The number of anilines is 1. The zero-order chi connectivity index (χ0) is 17.1. The van der Waals surface area contributed by atoms with Crippen LogP contribution in [-0.2, 0) is 13.0 Å². The van der Waals surface area contributed by atoms with E-state index in [9.17, 15) is 4.79 Å². The van der Waals surface area contributed by atoms with Crippen LogP contribution in [0.25, 0.3) is 0 Å². The fourth-order valence-electron chi connectivity index (χ4n) is 2.66. The molecule has 2 aromatic heterocycles. The molecular weight excluding hydrogens is 346 g/mol. The van der Waals surface area contributed by atoms with Crippen LogP contribution < -0.4 is 4.90 Å². The number of hydrogen-bond donors (Lipinski definition) is 0. The zero-order valence-electron chi connectivity index (χ0n) is 13.8. The molecule has 0 spiro atoms. The Kier molecular flexibility index (Phi) is 5.30. The first-order chi connectivity index (χ1) is 11.6. The molecule has 24 heavy (non-hydrogen) atoms. The van der Waals surface area contributed by atoms with Gasteiger partial charge in [-0.1, -0.05) is 18.5 Å². The van der Waals surface area contributed by atoms with Gasteiger partial charge in [0.15, 0.2) is 5.69 Å². The lowest BCUT2D eigenvalue weighted by Gasteiger charge is -2.19. The van der Waals surface area contributed by atoms with E-state index in [1.165, 1.54) is 6.20 Å². The molecule has 2 aromatic rings. The summed E-state index contributed by atoms with van der Waals surface area (Å²) in [6.45, 7) is 4.35. The predicted octanol–water partition coefficient (Wildman–Crippen LogP) is 3.02. The topological polar surface area (TPSA) is 62.2 Å². The molecule has 3 heterocycles. The summed E-state index contributed by atoms with van der Waals surface area (Å²) in [5.74, 6) is 0.365. The number of aromatic nitrogens is 3. The number of hydrogen-bond acceptors (Lipinski definition) is 6. The number of aryl methyl sites for hydroxylation is 1. The molecule has 1 fully saturated rings. The number of rotatable bonds is 5. The molecule has 0 bridgehead atoms. The fraction of sp³-hybridized carbons (Fsp3) is 0.500. The molecule has 1 saturated heterocycles. The van der Waals surface area contributed by atoms with Crippen molar-refractivity contribution in [3.05, 3.63) is 33.0 Å². The summed E-state index contributed by atoms with van der Waals surface area (Å²) in [4.78, 5) is 29.6. The van der Waals surface area contributed by atoms with Crippen molar-refractivity contribution >= 4 is 34.8 Å². The van der Waals surface area contributed by atoms with E-state index in [0.717, 1.165) is 43.1 Å². The van der Waals surface area contributed by atoms with Crippen LogP contribution in [0.4, 0.5) is 5.95 Å². The quantitative estimate of drug-likeness (QED) is 0.815. The van der Waals surface area contributed by atoms with E-state index in [2.05, 4.69) is 26.8 Å². The maximum Gasteiger partial charge on any atom is 0.274 e. The Bertz CT molecular complexity index is 729. The molecule has 1 aliphatic rings. The Morgan fingerprint density at radius 1 is 1.38 bits per heavy atom. The van der Waals surface area contributed by atoms with Crippen molar-refractivity contribution in [2.75, 3.05) is 25.0 Å². The molecule has 128 valence electrons. The van der Waals surface area contributed by atoms with E-state index in [0.29, 0.717) is 12.5 Å². The number of halogens is 1. The Morgan fingerprint density at radius 2 is 2.12 bits per heavy atom. The van der Waals surface area contributed by atoms with E-state index >= 15 is 0 Å². The summed E-state index contributed by atoms with van der Waals surface area (Å²) in [6.07, 6.45) is 4.66. The number of carbonyl (C=O) groups excluding carboxylic acids is 1. The van der Waals surface area contributed by atoms with Crippen LogP contribution >= 0.6 is 22.9 Å². The van der Waals surface area contributed by atoms with Crippen molar-refractivity contribution in [3.63, 3.8) is 0 Å². The summed E-state index contributed by atoms with van der Waals surface area (Å²) in [7, 11) is 1.74. The maximum absolute atomic E-state index is 12.7. The van der Waals surface area contributed by atoms with Gasteiger partial charge in [-0.2, -0.15) is 0 Å². The van der Waals surface area contributed by atoms with Crippen molar-refractivity contribution in [1.82, 2.24) is 19.9 Å². The molecule has 6 nitrogen and oxygen atoms in total. The second-order valence-corrected chi connectivity index (χ2v) is 7.16. The molecule has 1 amide bonds. The minimum Gasteiger partial charge on any atom is -0.341 e. The number of amides is 1. The van der Waals surface area contributed by atoms with Crippen LogP contribution in [0.5, 0.6) is 0 Å². The van der Waals surface area contributed by atoms with Crippen LogP contribution in [0.15, 0.2) is 11.6 Å². The van der Waals surface area contributed by atoms with Gasteiger partial charge in [-0.25, -0.2) is 15.0 Å². The lowest BCUT2D eigenvalue weighted by Crippen LogP contribution is -2.29. The SMILES string of the molecule is CCc1nc(CN(C)C(=O)c2nc(N3CCCC3)ncc2Cl)cs1. The standard InChI is InChI=1S/C16H20ClN5OS/c1-3-13-19-11(10-24-13)9-21(2)15(23)14-12(17)8-18-16(20-14)22-6-4-5-7-22/h8,10H,3-7,9H2,1-2H3. The summed E-state index contributed by atoms with van der Waals surface area (Å²) in [5.41, 5.74) is 1.14. The van der Waals surface area contributed by atoms with Gasteiger partial charge >= 0.3 is 0 Å². The van der Waals surface area contributed by atoms with Crippen LogP contribution in [0, 0.1) is 0 Å². The van der Waals surface area contributed by atoms with Gasteiger partial charge < -0.3 is 9.80 Å². The van der Waals surface area contributed by atoms with Crippen molar-refractivity contribution < 1.29 is 4.79 Å². The highest BCUT2D eigenvalue weighted by molar-refractivity contribution is 7.09. The Hall–Kier alpha value is -1.73. The van der Waals surface area contributed by atoms with Crippen LogP contribution in [0.1, 0.15) is 41.0 Å². The van der Waals surface area contributed by atoms with Crippen LogP contribution in [0.2, 0.25) is 5.02 Å². The smallest absolute Gasteiger partial charge is 0.274 e. The highest BCUT2D eigenvalue weighted by atomic mass is 35.5. The van der Waals surface area contributed by atoms with Gasteiger partial charge in [0, 0.05) is 25.5 Å². The molecule has 0 aliphatic carbocycles. The third-order valence-corrected chi connectivity index (χ3v) is 5.29. The number of carbonyl (C=O) groups is 1. The van der Waals surface area contributed by atoms with Crippen LogP contribution in [-0.4, -0.2) is 45.9 Å². The second kappa shape index (κ2) is 7.44. The molecule has 0 N–H and O–H groups in total. The second-order valence-electron chi connectivity index (χ2n) is 5.81. The lowest BCUT2D eigenvalue weighted by atomic mass is 10.3. The first-order valence-corrected chi connectivity index (χ1v) is 9.30. The highest BCUT2D eigenvalue weighted by Gasteiger charge is 2.22. The van der Waals surface area contributed by atoms with Gasteiger partial charge in [-0.3, -0.25) is 4.79 Å². The van der Waals surface area contributed by atoms with Crippen LogP contribution in [0.3, 0.4) is 0 Å². The fourth-order valence-corrected chi connectivity index (χ4v) is 3.56. The van der Waals surface area contributed by atoms with E-state index in [-0.39, 0.29) is 16.6 Å². The molecule has 8 heteroatoms. The van der Waals surface area contributed by atoms with Gasteiger partial charge in [-0.05, 0) is 19.3 Å². The molecular formula is C16H20ClN5OS. The van der Waals surface area contributed by atoms with E-state index in [1.807, 2.05) is 5.38 Å². The van der Waals surface area contributed by atoms with E-state index in [1.54, 1.807) is 23.3 Å².